The van der Waals surface area contributed by atoms with Gasteiger partial charge in [0.2, 0.25) is 0 Å². The van der Waals surface area contributed by atoms with Gasteiger partial charge < -0.3 is 10.8 Å². The molecule has 0 saturated carbocycles. The molecule has 0 saturated heterocycles. The van der Waals surface area contributed by atoms with Crippen LogP contribution < -0.4 is 5.73 Å². The van der Waals surface area contributed by atoms with E-state index in [4.69, 9.17) is 10.8 Å². The molecule has 0 fully saturated rings. The standard InChI is InChI=1S/C9H10FNO4S/c10-6-3-1-2-4-8(6)16(14,15)5-7(11)9(12)13/h1-4,7H,5,11H2,(H,12,13). The molecule has 0 aromatic heterocycles. The number of rotatable bonds is 4. The quantitative estimate of drug-likeness (QED) is 0.781. The van der Waals surface area contributed by atoms with E-state index in [1.165, 1.54) is 12.1 Å². The molecule has 0 aliphatic rings. The largest absolute Gasteiger partial charge is 0.480 e. The highest BCUT2D eigenvalue weighted by atomic mass is 32.2. The number of hydrogen-bond acceptors (Lipinski definition) is 4. The van der Waals surface area contributed by atoms with Crippen molar-refractivity contribution in [3.05, 3.63) is 30.1 Å². The maximum absolute atomic E-state index is 13.2. The third kappa shape index (κ3) is 2.77. The Balaban J connectivity index is 3.04. The average molecular weight is 247 g/mol. The molecule has 88 valence electrons. The zero-order valence-electron chi connectivity index (χ0n) is 8.13. The van der Waals surface area contributed by atoms with Crippen molar-refractivity contribution in [2.45, 2.75) is 10.9 Å². The maximum Gasteiger partial charge on any atom is 0.321 e. The Morgan fingerprint density at radius 3 is 2.50 bits per heavy atom. The summed E-state index contributed by atoms with van der Waals surface area (Å²) in [7, 11) is -4.02. The molecule has 0 radical (unpaired) electrons. The van der Waals surface area contributed by atoms with E-state index in [1.807, 2.05) is 0 Å². The third-order valence-electron chi connectivity index (χ3n) is 1.89. The number of carboxylic acid groups (broad SMARTS) is 1. The lowest BCUT2D eigenvalue weighted by Gasteiger charge is -2.08. The van der Waals surface area contributed by atoms with Gasteiger partial charge in [-0.05, 0) is 12.1 Å². The minimum atomic E-state index is -4.02. The summed E-state index contributed by atoms with van der Waals surface area (Å²) < 4.78 is 36.3. The lowest BCUT2D eigenvalue weighted by atomic mass is 10.3. The van der Waals surface area contributed by atoms with Gasteiger partial charge in [0.15, 0.2) is 9.84 Å². The maximum atomic E-state index is 13.2. The topological polar surface area (TPSA) is 97.5 Å². The minimum Gasteiger partial charge on any atom is -0.480 e. The molecule has 3 N–H and O–H groups in total. The van der Waals surface area contributed by atoms with Gasteiger partial charge in [-0.25, -0.2) is 12.8 Å². The number of hydrogen-bond donors (Lipinski definition) is 2. The Kier molecular flexibility index (Phi) is 3.61. The van der Waals surface area contributed by atoms with E-state index in [2.05, 4.69) is 0 Å². The van der Waals surface area contributed by atoms with E-state index < -0.39 is 38.3 Å². The second-order valence-electron chi connectivity index (χ2n) is 3.16. The molecule has 1 atom stereocenters. The average Bonchev–Trinajstić information content (AvgIpc) is 2.17. The molecule has 0 bridgehead atoms. The van der Waals surface area contributed by atoms with Crippen LogP contribution in [0.4, 0.5) is 4.39 Å². The fourth-order valence-electron chi connectivity index (χ4n) is 1.09. The molecular weight excluding hydrogens is 237 g/mol. The first-order valence-electron chi connectivity index (χ1n) is 4.30. The lowest BCUT2D eigenvalue weighted by Crippen LogP contribution is -2.37. The van der Waals surface area contributed by atoms with Gasteiger partial charge in [-0.2, -0.15) is 0 Å². The van der Waals surface area contributed by atoms with E-state index >= 15 is 0 Å². The monoisotopic (exact) mass is 247 g/mol. The molecule has 0 aliphatic carbocycles. The highest BCUT2D eigenvalue weighted by Crippen LogP contribution is 2.15. The van der Waals surface area contributed by atoms with E-state index in [-0.39, 0.29) is 0 Å². The lowest BCUT2D eigenvalue weighted by molar-refractivity contribution is -0.137. The van der Waals surface area contributed by atoms with Gasteiger partial charge in [-0.15, -0.1) is 0 Å². The van der Waals surface area contributed by atoms with Gasteiger partial charge in [-0.3, -0.25) is 4.79 Å². The Labute approximate surface area is 91.6 Å². The van der Waals surface area contributed by atoms with Crippen molar-refractivity contribution < 1.29 is 22.7 Å². The molecule has 0 spiro atoms. The predicted octanol–water partition coefficient (Wildman–Crippen LogP) is 0.0113. The summed E-state index contributed by atoms with van der Waals surface area (Å²) in [6.45, 7) is 0. The summed E-state index contributed by atoms with van der Waals surface area (Å²) in [5.41, 5.74) is 5.09. The van der Waals surface area contributed by atoms with Crippen LogP contribution in [0, 0.1) is 5.82 Å². The molecule has 16 heavy (non-hydrogen) atoms. The molecular formula is C9H10FNO4S. The summed E-state index contributed by atoms with van der Waals surface area (Å²) in [5.74, 6) is -3.19. The number of nitrogens with two attached hydrogens (primary N) is 1. The fourth-order valence-corrected chi connectivity index (χ4v) is 2.54. The van der Waals surface area contributed by atoms with E-state index in [0.717, 1.165) is 12.1 Å². The number of benzene rings is 1. The van der Waals surface area contributed by atoms with Gasteiger partial charge in [0.05, 0.1) is 5.75 Å². The molecule has 0 amide bonds. The van der Waals surface area contributed by atoms with E-state index in [1.54, 1.807) is 0 Å². The van der Waals surface area contributed by atoms with Crippen molar-refractivity contribution in [2.75, 3.05) is 5.75 Å². The molecule has 0 aliphatic heterocycles. The second-order valence-corrected chi connectivity index (χ2v) is 5.16. The molecule has 1 aromatic carbocycles. The number of sulfone groups is 1. The first-order valence-corrected chi connectivity index (χ1v) is 5.95. The van der Waals surface area contributed by atoms with Gasteiger partial charge in [0, 0.05) is 0 Å². The highest BCUT2D eigenvalue weighted by Gasteiger charge is 2.25. The highest BCUT2D eigenvalue weighted by molar-refractivity contribution is 7.91. The fraction of sp³-hybridized carbons (Fsp3) is 0.222. The Hall–Kier alpha value is -1.47. The molecule has 7 heteroatoms. The van der Waals surface area contributed by atoms with Crippen molar-refractivity contribution in [2.24, 2.45) is 5.73 Å². The second kappa shape index (κ2) is 4.58. The van der Waals surface area contributed by atoms with E-state index in [0.29, 0.717) is 0 Å². The van der Waals surface area contributed by atoms with Crippen LogP contribution in [-0.4, -0.2) is 31.3 Å². The Morgan fingerprint density at radius 2 is 2.00 bits per heavy atom. The zero-order chi connectivity index (χ0) is 12.3. The van der Waals surface area contributed by atoms with Crippen LogP contribution in [0.25, 0.3) is 0 Å². The summed E-state index contributed by atoms with van der Waals surface area (Å²) in [4.78, 5) is 9.87. The van der Waals surface area contributed by atoms with Crippen molar-refractivity contribution in [3.63, 3.8) is 0 Å². The number of carbonyl (C=O) groups is 1. The first kappa shape index (κ1) is 12.6. The van der Waals surface area contributed by atoms with Crippen molar-refractivity contribution >= 4 is 15.8 Å². The SMILES string of the molecule is NC(CS(=O)(=O)c1ccccc1F)C(=O)O. The van der Waals surface area contributed by atoms with Gasteiger partial charge in [0.25, 0.3) is 0 Å². The molecule has 1 rings (SSSR count). The predicted molar refractivity (Wildman–Crippen MR) is 54.1 cm³/mol. The van der Waals surface area contributed by atoms with Gasteiger partial charge >= 0.3 is 5.97 Å². The van der Waals surface area contributed by atoms with Crippen LogP contribution in [-0.2, 0) is 14.6 Å². The zero-order valence-corrected chi connectivity index (χ0v) is 8.95. The van der Waals surface area contributed by atoms with Crippen molar-refractivity contribution in [1.29, 1.82) is 0 Å². The Bertz CT molecular complexity index is 500. The van der Waals surface area contributed by atoms with Crippen LogP contribution in [0.5, 0.6) is 0 Å². The Morgan fingerprint density at radius 1 is 1.44 bits per heavy atom. The molecule has 1 aromatic rings. The van der Waals surface area contributed by atoms with Crippen molar-refractivity contribution in [3.8, 4) is 0 Å². The first-order chi connectivity index (χ1) is 7.34. The van der Waals surface area contributed by atoms with Crippen molar-refractivity contribution in [1.82, 2.24) is 0 Å². The van der Waals surface area contributed by atoms with Crippen LogP contribution >= 0.6 is 0 Å². The minimum absolute atomic E-state index is 0.535. The van der Waals surface area contributed by atoms with Crippen LogP contribution in [0.15, 0.2) is 29.2 Å². The van der Waals surface area contributed by atoms with Crippen LogP contribution in [0.3, 0.4) is 0 Å². The number of carboxylic acids is 1. The summed E-state index contributed by atoms with van der Waals surface area (Å²) in [5, 5.41) is 8.48. The smallest absolute Gasteiger partial charge is 0.321 e. The van der Waals surface area contributed by atoms with Gasteiger partial charge in [0.1, 0.15) is 16.8 Å². The third-order valence-corrected chi connectivity index (χ3v) is 3.69. The molecule has 1 unspecified atom stereocenters. The molecule has 0 heterocycles. The van der Waals surface area contributed by atoms with Crippen LogP contribution in [0.2, 0.25) is 0 Å². The van der Waals surface area contributed by atoms with Crippen LogP contribution in [0.1, 0.15) is 0 Å². The summed E-state index contributed by atoms with van der Waals surface area (Å²) >= 11 is 0. The normalized spacial score (nSPS) is 13.4. The molecule has 5 nitrogen and oxygen atoms in total. The number of halogens is 1. The summed E-state index contributed by atoms with van der Waals surface area (Å²) in [6.07, 6.45) is 0. The number of aliphatic carboxylic acids is 1. The van der Waals surface area contributed by atoms with E-state index in [9.17, 15) is 17.6 Å². The van der Waals surface area contributed by atoms with Gasteiger partial charge in [-0.1, -0.05) is 12.1 Å². The summed E-state index contributed by atoms with van der Waals surface area (Å²) in [6, 6.07) is 3.18.